The van der Waals surface area contributed by atoms with Gasteiger partial charge in [-0.15, -0.1) is 22.7 Å². The van der Waals surface area contributed by atoms with Crippen LogP contribution in [0.4, 0.5) is 0 Å². The largest absolute Gasteiger partial charge is 0.493 e. The number of aromatic amines is 2. The number of methoxy groups -OCH3 is 2. The second kappa shape index (κ2) is 19.3. The van der Waals surface area contributed by atoms with Crippen LogP contribution in [0.15, 0.2) is 49.6 Å². The Morgan fingerprint density at radius 3 is 1.32 bits per heavy atom. The van der Waals surface area contributed by atoms with Crippen molar-refractivity contribution in [2.45, 2.75) is 117 Å². The van der Waals surface area contributed by atoms with Gasteiger partial charge in [-0.3, -0.25) is 10.2 Å². The van der Waals surface area contributed by atoms with E-state index < -0.39 is 0 Å². The predicted octanol–water partition coefficient (Wildman–Crippen LogP) is 9.93. The van der Waals surface area contributed by atoms with E-state index in [1.165, 1.54) is 59.5 Å². The van der Waals surface area contributed by atoms with Crippen molar-refractivity contribution in [1.82, 2.24) is 69.4 Å². The lowest BCUT2D eigenvalue weighted by Crippen LogP contribution is -2.37. The Hall–Kier alpha value is -5.56. The molecule has 0 aliphatic carbocycles. The number of pyridine rings is 2. The van der Waals surface area contributed by atoms with Crippen molar-refractivity contribution in [3.63, 3.8) is 0 Å². The number of aromatic nitrogens is 12. The van der Waals surface area contributed by atoms with Gasteiger partial charge in [0.05, 0.1) is 45.4 Å². The number of hydrogen-bond donors (Lipinski definition) is 2. The van der Waals surface area contributed by atoms with Gasteiger partial charge in [-0.25, -0.2) is 29.0 Å². The molecule has 0 unspecified atom stereocenters. The number of piperidine rings is 2. The molecule has 16 nitrogen and oxygen atoms in total. The number of nitrogens with one attached hydrogen (secondary N) is 2. The number of nitrogens with zero attached hydrogens (tertiary/aromatic N) is 12. The minimum atomic E-state index is 0.283. The van der Waals surface area contributed by atoms with Crippen molar-refractivity contribution in [2.75, 3.05) is 40.4 Å². The highest BCUT2D eigenvalue weighted by Gasteiger charge is 2.29. The van der Waals surface area contributed by atoms with E-state index in [4.69, 9.17) is 29.6 Å². The molecule has 10 heterocycles. The normalized spacial score (nSPS) is 15.8. The molecule has 0 bridgehead atoms. The van der Waals surface area contributed by atoms with Crippen molar-refractivity contribution >= 4 is 34.0 Å². The molecule has 2 aliphatic heterocycles. The Balaban J connectivity index is 0.000000166. The molecular formula is C48H62N14O2S2. The summed E-state index contributed by atoms with van der Waals surface area (Å²) < 4.78 is 14.6. The minimum Gasteiger partial charge on any atom is -0.493 e. The average molecular weight is 931 g/mol. The van der Waals surface area contributed by atoms with Gasteiger partial charge < -0.3 is 19.3 Å². The minimum absolute atomic E-state index is 0.283. The molecule has 8 aromatic rings. The number of fused-ring (bicyclic) bond motifs is 2. The van der Waals surface area contributed by atoms with Crippen molar-refractivity contribution in [3.8, 4) is 55.2 Å². The van der Waals surface area contributed by atoms with Gasteiger partial charge in [0.25, 0.3) is 0 Å². The van der Waals surface area contributed by atoms with Crippen LogP contribution in [0.25, 0.3) is 55.0 Å². The number of ether oxygens (including phenoxy) is 2. The van der Waals surface area contributed by atoms with Crippen LogP contribution in [0.3, 0.4) is 0 Å². The van der Waals surface area contributed by atoms with E-state index in [1.807, 2.05) is 36.9 Å². The van der Waals surface area contributed by atoms with Gasteiger partial charge >= 0.3 is 0 Å². The highest BCUT2D eigenvalue weighted by atomic mass is 32.1. The fourth-order valence-corrected chi connectivity index (χ4v) is 11.7. The first kappa shape index (κ1) is 45.6. The SMILES string of the molecule is COc1cc(-c2[nH]nc(-c3cnc(C4CCN(C(C)C)CC4)s3)c2C(C)C)cn2ncnc12.COc1cc(-c2[nH]nc(-c3cnc(C4CCN(C(C)C)CC4)s3)c2C(C)C)cn2ncnc12. The van der Waals surface area contributed by atoms with E-state index in [9.17, 15) is 0 Å². The Morgan fingerprint density at radius 1 is 0.576 bits per heavy atom. The lowest BCUT2D eigenvalue weighted by molar-refractivity contribution is 0.172. The molecule has 0 amide bonds. The van der Waals surface area contributed by atoms with Crippen LogP contribution in [0.5, 0.6) is 11.5 Å². The molecule has 348 valence electrons. The standard InChI is InChI=1S/2C24H31N7OS/c2*1-14(2)20-21(17-10-18(32-5)23-26-13-27-31(23)12-17)28-29-22(20)19-11-25-24(33-19)16-6-8-30(9-7-16)15(3)4/h2*10-16H,6-9H2,1-5H3,(H,28,29). The van der Waals surface area contributed by atoms with E-state index in [1.54, 1.807) is 45.9 Å². The summed E-state index contributed by atoms with van der Waals surface area (Å²) in [5.41, 5.74) is 9.64. The molecule has 0 radical (unpaired) electrons. The summed E-state index contributed by atoms with van der Waals surface area (Å²) in [4.78, 5) is 25.6. The Kier molecular flexibility index (Phi) is 13.4. The molecule has 2 fully saturated rings. The molecule has 0 atom stereocenters. The molecule has 0 saturated carbocycles. The highest BCUT2D eigenvalue weighted by Crippen LogP contribution is 2.43. The van der Waals surface area contributed by atoms with Crippen molar-refractivity contribution < 1.29 is 9.47 Å². The van der Waals surface area contributed by atoms with Crippen LogP contribution < -0.4 is 9.47 Å². The molecule has 2 aliphatic rings. The Morgan fingerprint density at radius 2 is 0.970 bits per heavy atom. The van der Waals surface area contributed by atoms with Crippen LogP contribution in [0.1, 0.15) is 126 Å². The number of H-pyrrole nitrogens is 2. The summed E-state index contributed by atoms with van der Waals surface area (Å²) in [7, 11) is 3.31. The van der Waals surface area contributed by atoms with Gasteiger partial charge in [-0.2, -0.15) is 20.4 Å². The maximum atomic E-state index is 5.56. The van der Waals surface area contributed by atoms with Crippen LogP contribution in [0.2, 0.25) is 0 Å². The third kappa shape index (κ3) is 8.99. The topological polar surface area (TPSA) is 168 Å². The second-order valence-corrected chi connectivity index (χ2v) is 20.7. The first-order valence-corrected chi connectivity index (χ1v) is 24.9. The summed E-state index contributed by atoms with van der Waals surface area (Å²) in [6, 6.07) is 5.22. The van der Waals surface area contributed by atoms with Crippen LogP contribution in [-0.4, -0.2) is 122 Å². The van der Waals surface area contributed by atoms with Gasteiger partial charge in [0.2, 0.25) is 0 Å². The van der Waals surface area contributed by atoms with Crippen molar-refractivity contribution in [1.29, 1.82) is 0 Å². The Labute approximate surface area is 394 Å². The summed E-state index contributed by atoms with van der Waals surface area (Å²) in [5.74, 6) is 3.02. The zero-order valence-electron chi connectivity index (χ0n) is 39.7. The van der Waals surface area contributed by atoms with Crippen LogP contribution in [-0.2, 0) is 0 Å². The van der Waals surface area contributed by atoms with E-state index in [-0.39, 0.29) is 11.8 Å². The van der Waals surface area contributed by atoms with Gasteiger partial charge in [0.15, 0.2) is 22.8 Å². The monoisotopic (exact) mass is 930 g/mol. The third-order valence-electron chi connectivity index (χ3n) is 13.2. The summed E-state index contributed by atoms with van der Waals surface area (Å²) in [6.07, 6.45) is 15.7. The molecule has 0 aromatic carbocycles. The Bertz CT molecular complexity index is 2690. The molecule has 2 saturated heterocycles. The lowest BCUT2D eigenvalue weighted by Gasteiger charge is -2.33. The number of rotatable bonds is 12. The smallest absolute Gasteiger partial charge is 0.197 e. The molecule has 18 heteroatoms. The van der Waals surface area contributed by atoms with Gasteiger partial charge in [-0.1, -0.05) is 27.7 Å². The molecular weight excluding hydrogens is 869 g/mol. The fraction of sp³-hybridized carbons (Fsp3) is 0.500. The number of likely N-dealkylation sites (tertiary alicyclic amines) is 2. The molecule has 10 rings (SSSR count). The van der Waals surface area contributed by atoms with Crippen LogP contribution >= 0.6 is 22.7 Å². The van der Waals surface area contributed by atoms with E-state index in [2.05, 4.69) is 95.6 Å². The predicted molar refractivity (Wildman–Crippen MR) is 262 cm³/mol. The summed E-state index contributed by atoms with van der Waals surface area (Å²) >= 11 is 3.58. The lowest BCUT2D eigenvalue weighted by atomic mass is 9.96. The average Bonchev–Trinajstić information content (AvgIpc) is 4.18. The highest BCUT2D eigenvalue weighted by molar-refractivity contribution is 7.15. The van der Waals surface area contributed by atoms with E-state index in [0.29, 0.717) is 46.7 Å². The number of thiazole rings is 2. The summed E-state index contributed by atoms with van der Waals surface area (Å²) in [6.45, 7) is 22.5. The molecule has 66 heavy (non-hydrogen) atoms. The fourth-order valence-electron chi connectivity index (χ4n) is 9.50. The van der Waals surface area contributed by atoms with E-state index >= 15 is 0 Å². The first-order chi connectivity index (χ1) is 31.9. The zero-order valence-corrected chi connectivity index (χ0v) is 41.4. The first-order valence-electron chi connectivity index (χ1n) is 23.2. The van der Waals surface area contributed by atoms with Gasteiger partial charge in [0, 0.05) is 71.0 Å². The maximum absolute atomic E-state index is 5.56. The van der Waals surface area contributed by atoms with Gasteiger partial charge in [0.1, 0.15) is 24.0 Å². The van der Waals surface area contributed by atoms with Gasteiger partial charge in [-0.05, 0) is 104 Å². The van der Waals surface area contributed by atoms with Crippen molar-refractivity contribution in [2.24, 2.45) is 0 Å². The van der Waals surface area contributed by atoms with Crippen molar-refractivity contribution in [3.05, 3.63) is 70.7 Å². The molecule has 8 aromatic heterocycles. The zero-order chi connectivity index (χ0) is 46.2. The molecule has 0 spiro atoms. The second-order valence-electron chi connectivity index (χ2n) is 18.6. The maximum Gasteiger partial charge on any atom is 0.197 e. The third-order valence-corrected chi connectivity index (χ3v) is 15.5. The molecule has 2 N–H and O–H groups in total. The summed E-state index contributed by atoms with van der Waals surface area (Å²) in [5, 5.41) is 27.2. The van der Waals surface area contributed by atoms with E-state index in [0.717, 1.165) is 69.8 Å². The number of hydrogen-bond acceptors (Lipinski definition) is 14. The quantitative estimate of drug-likeness (QED) is 0.119. The van der Waals surface area contributed by atoms with Crippen LogP contribution in [0, 0.1) is 0 Å².